The zero-order valence-electron chi connectivity index (χ0n) is 49.8. The molecule has 2 aromatic heterocycles. The van der Waals surface area contributed by atoms with E-state index in [0.29, 0.717) is 61.6 Å². The number of imidazole rings is 1. The molecule has 0 radical (unpaired) electrons. The number of phenols is 1. The van der Waals surface area contributed by atoms with Crippen LogP contribution in [-0.2, 0) is 42.7 Å². The van der Waals surface area contributed by atoms with Crippen molar-refractivity contribution in [1.29, 1.82) is 0 Å². The summed E-state index contributed by atoms with van der Waals surface area (Å²) in [6.45, 7) is 6.52. The van der Waals surface area contributed by atoms with E-state index in [-0.39, 0.29) is 54.2 Å². The number of benzene rings is 6. The fourth-order valence-electron chi connectivity index (χ4n) is 7.93. The standard InChI is InChI=1S/C59H62N3O.Pt/c1-37-29-39(41-31-46(58(8,9)10)36-47(32-41)59(11,12)13)23-26-51(37)62-52-19-16-18-48(54(52)61-55(62)49-17-14-15-20-53(49)63)42-30-43(34-45(33-42)57(5,6)7)50-35-40(27-28-60-50)38-21-24-44(25-22-38)56(2,3)4;/h14-29,31-36,63H,1-13H3;/q-1;/i1D3,2D3,3D3,4D3;. The molecule has 330 valence electrons. The van der Waals surface area contributed by atoms with E-state index in [1.807, 2.05) is 53.1 Å². The third-order valence-corrected chi connectivity index (χ3v) is 11.8. The molecular formula is C59H62N3OPt-. The van der Waals surface area contributed by atoms with Gasteiger partial charge in [0.1, 0.15) is 11.6 Å². The van der Waals surface area contributed by atoms with Gasteiger partial charge >= 0.3 is 0 Å². The van der Waals surface area contributed by atoms with Crippen LogP contribution >= 0.6 is 0 Å². The van der Waals surface area contributed by atoms with Gasteiger partial charge in [-0.15, -0.1) is 29.3 Å². The molecule has 0 atom stereocenters. The van der Waals surface area contributed by atoms with Crippen molar-refractivity contribution in [3.63, 3.8) is 0 Å². The van der Waals surface area contributed by atoms with Crippen LogP contribution in [0.15, 0.2) is 134 Å². The Kier molecular flexibility index (Phi) is 8.81. The van der Waals surface area contributed by atoms with E-state index in [1.165, 1.54) is 24.3 Å². The van der Waals surface area contributed by atoms with Crippen molar-refractivity contribution in [2.24, 2.45) is 0 Å². The van der Waals surface area contributed by atoms with E-state index in [2.05, 4.69) is 86.6 Å². The van der Waals surface area contributed by atoms with E-state index in [4.69, 9.17) is 26.4 Å². The van der Waals surface area contributed by atoms with Gasteiger partial charge in [0.2, 0.25) is 0 Å². The summed E-state index contributed by atoms with van der Waals surface area (Å²) < 4.78 is 102. The summed E-state index contributed by atoms with van der Waals surface area (Å²) in [6, 6.07) is 41.4. The first kappa shape index (κ1) is 33.0. The van der Waals surface area contributed by atoms with E-state index in [1.54, 1.807) is 42.6 Å². The topological polar surface area (TPSA) is 50.9 Å². The summed E-state index contributed by atoms with van der Waals surface area (Å²) in [7, 11) is 0. The maximum Gasteiger partial charge on any atom is 0.148 e. The summed E-state index contributed by atoms with van der Waals surface area (Å²) in [5, 5.41) is 11.4. The van der Waals surface area contributed by atoms with E-state index < -0.39 is 32.8 Å². The van der Waals surface area contributed by atoms with Gasteiger partial charge in [-0.05, 0) is 109 Å². The maximum atomic E-state index is 11.4. The van der Waals surface area contributed by atoms with E-state index in [9.17, 15) is 5.11 Å². The Morgan fingerprint density at radius 2 is 1.16 bits per heavy atom. The van der Waals surface area contributed by atoms with Gasteiger partial charge in [0, 0.05) is 49.4 Å². The van der Waals surface area contributed by atoms with Crippen LogP contribution in [0.5, 0.6) is 5.75 Å². The largest absolute Gasteiger partial charge is 0.507 e. The minimum atomic E-state index is -3.39. The number of fused-ring (bicyclic) bond motifs is 1. The molecule has 8 rings (SSSR count). The van der Waals surface area contributed by atoms with E-state index >= 15 is 0 Å². The first-order chi connectivity index (χ1) is 34.5. The molecule has 2 heterocycles. The Balaban J connectivity index is 0.00000840. The normalized spacial score (nSPS) is 16.0. The van der Waals surface area contributed by atoms with Gasteiger partial charge in [0.05, 0.1) is 22.3 Å². The predicted molar refractivity (Wildman–Crippen MR) is 266 cm³/mol. The number of aromatic hydroxyl groups is 1. The molecule has 0 spiro atoms. The van der Waals surface area contributed by atoms with Gasteiger partial charge in [-0.25, -0.2) is 4.98 Å². The number of pyridine rings is 1. The molecule has 0 aliphatic heterocycles. The minimum Gasteiger partial charge on any atom is -0.507 e. The predicted octanol–water partition coefficient (Wildman–Crippen LogP) is 15.8. The SMILES string of the molecule is [2H]C([2H])([2H])c1cc(-c2cc(C(C)(C)C)cc(C(C)(C)C)c2)ccc1-n1c(-c2ccccc2O)nc2c(-c3[c-]c(-c4cc(-c5ccc(C(C([2H])([2H])[2H])(C([2H])([2H])[2H])C([2H])([2H])[2H])cc5)ccn4)cc(C(C)(C)C)c3)cccc21.[Pt]. The molecular weight excluding hydrogens is 962 g/mol. The fourth-order valence-corrected chi connectivity index (χ4v) is 7.93. The molecule has 0 unspecified atom stereocenters. The minimum absolute atomic E-state index is 0. The second-order valence-corrected chi connectivity index (χ2v) is 19.7. The Bertz CT molecular complexity index is 3390. The molecule has 8 aromatic rings. The monoisotopic (exact) mass is 1040 g/mol. The Morgan fingerprint density at radius 1 is 0.547 bits per heavy atom. The van der Waals surface area contributed by atoms with Crippen LogP contribution in [0.1, 0.15) is 127 Å². The molecule has 1 N–H and O–H groups in total. The molecule has 64 heavy (non-hydrogen) atoms. The first-order valence-corrected chi connectivity index (χ1v) is 21.3. The molecule has 0 amide bonds. The molecule has 4 nitrogen and oxygen atoms in total. The van der Waals surface area contributed by atoms with Crippen molar-refractivity contribution in [2.75, 3.05) is 0 Å². The van der Waals surface area contributed by atoms with Crippen LogP contribution < -0.4 is 0 Å². The number of hydrogen-bond donors (Lipinski definition) is 1. The van der Waals surface area contributed by atoms with Crippen LogP contribution in [-0.4, -0.2) is 19.6 Å². The van der Waals surface area contributed by atoms with Crippen molar-refractivity contribution < 1.29 is 42.6 Å². The number of para-hydroxylation sites is 2. The third-order valence-electron chi connectivity index (χ3n) is 11.8. The van der Waals surface area contributed by atoms with E-state index in [0.717, 1.165) is 27.8 Å². The van der Waals surface area contributed by atoms with Gasteiger partial charge in [0.25, 0.3) is 0 Å². The van der Waals surface area contributed by atoms with Gasteiger partial charge in [-0.1, -0.05) is 173 Å². The zero-order valence-corrected chi connectivity index (χ0v) is 40.1. The number of phenolic OH excluding ortho intramolecular Hbond substituents is 1. The Labute approximate surface area is 413 Å². The van der Waals surface area contributed by atoms with Crippen molar-refractivity contribution in [3.05, 3.63) is 167 Å². The second-order valence-electron chi connectivity index (χ2n) is 19.7. The van der Waals surface area contributed by atoms with Gasteiger partial charge in [-0.3, -0.25) is 9.55 Å². The average molecular weight is 1040 g/mol. The number of hydrogen-bond acceptors (Lipinski definition) is 3. The van der Waals surface area contributed by atoms with Gasteiger partial charge < -0.3 is 5.11 Å². The average Bonchev–Trinajstić information content (AvgIpc) is 3.68. The van der Waals surface area contributed by atoms with Crippen LogP contribution in [0.4, 0.5) is 0 Å². The summed E-state index contributed by atoms with van der Waals surface area (Å²) in [6.07, 6.45) is 1.62. The molecule has 0 saturated carbocycles. The van der Waals surface area contributed by atoms with Crippen LogP contribution in [0, 0.1) is 12.9 Å². The molecule has 0 saturated heterocycles. The Morgan fingerprint density at radius 3 is 1.80 bits per heavy atom. The smallest absolute Gasteiger partial charge is 0.148 e. The summed E-state index contributed by atoms with van der Waals surface area (Å²) in [5.74, 6) is 0.298. The van der Waals surface area contributed by atoms with Crippen LogP contribution in [0.25, 0.3) is 72.7 Å². The fraction of sp³-hybridized carbons (Fsp3) is 0.288. The molecule has 5 heteroatoms. The molecule has 6 aromatic carbocycles. The van der Waals surface area contributed by atoms with Crippen molar-refractivity contribution in [3.8, 4) is 67.5 Å². The summed E-state index contributed by atoms with van der Waals surface area (Å²) in [4.78, 5) is 10.0. The van der Waals surface area contributed by atoms with Crippen LogP contribution in [0.2, 0.25) is 0 Å². The summed E-state index contributed by atoms with van der Waals surface area (Å²) >= 11 is 0. The zero-order chi connectivity index (χ0) is 55.2. The van der Waals surface area contributed by atoms with Gasteiger partial charge in [0.15, 0.2) is 0 Å². The summed E-state index contributed by atoms with van der Waals surface area (Å²) in [5.41, 5.74) is 6.41. The van der Waals surface area contributed by atoms with Crippen molar-refractivity contribution >= 4 is 11.0 Å². The van der Waals surface area contributed by atoms with Crippen molar-refractivity contribution in [2.45, 2.75) is 111 Å². The number of aromatic nitrogens is 3. The molecule has 0 bridgehead atoms. The number of rotatable bonds is 6. The number of aryl methyl sites for hydroxylation is 1. The molecule has 0 fully saturated rings. The van der Waals surface area contributed by atoms with Gasteiger partial charge in [-0.2, -0.15) is 0 Å². The molecule has 0 aliphatic rings. The first-order valence-electron chi connectivity index (χ1n) is 27.3. The maximum absolute atomic E-state index is 11.4. The quantitative estimate of drug-likeness (QED) is 0.169. The number of nitrogens with zero attached hydrogens (tertiary/aromatic N) is 3. The third kappa shape index (κ3) is 9.31. The molecule has 0 aliphatic carbocycles. The second kappa shape index (κ2) is 17.1. The van der Waals surface area contributed by atoms with Crippen molar-refractivity contribution in [1.82, 2.24) is 14.5 Å². The Hall–Kier alpha value is -5.57. The van der Waals surface area contributed by atoms with Crippen LogP contribution in [0.3, 0.4) is 0 Å².